The number of ether oxygens (including phenoxy) is 6. The van der Waals surface area contributed by atoms with Crippen molar-refractivity contribution in [3.05, 3.63) is 84.4 Å². The molecule has 0 aliphatic carbocycles. The Morgan fingerprint density at radius 1 is 0.800 bits per heavy atom. The van der Waals surface area contributed by atoms with Crippen molar-refractivity contribution in [1.82, 2.24) is 4.90 Å². The molecule has 0 aliphatic heterocycles. The molecule has 0 spiro atoms. The lowest BCUT2D eigenvalue weighted by molar-refractivity contribution is -0.164. The molecule has 0 aliphatic rings. The number of hydrogen-bond acceptors (Lipinski definition) is 9. The molecule has 0 fully saturated rings. The second kappa shape index (κ2) is 15.7. The Kier molecular flexibility index (Phi) is 12.1. The third kappa shape index (κ3) is 8.89. The smallest absolute Gasteiger partial charge is 0.416 e. The number of methoxy groups -OCH3 is 2. The van der Waals surface area contributed by atoms with Gasteiger partial charge in [0.1, 0.15) is 36.1 Å². The Bertz CT molecular complexity index is 1180. The number of rotatable bonds is 15. The van der Waals surface area contributed by atoms with Crippen molar-refractivity contribution in [2.24, 2.45) is 0 Å². The average Bonchev–Trinajstić information content (AvgIpc) is 2.99. The third-order valence-electron chi connectivity index (χ3n) is 5.65. The fraction of sp³-hybridized carbons (Fsp3) is 0.310. The Balaban J connectivity index is 2.00. The molecule has 40 heavy (non-hydrogen) atoms. The fourth-order valence-corrected chi connectivity index (χ4v) is 4.84. The van der Waals surface area contributed by atoms with Crippen LogP contribution in [0.5, 0.6) is 23.0 Å². The van der Waals surface area contributed by atoms with Crippen LogP contribution in [-0.4, -0.2) is 50.0 Å². The molecule has 3 aromatic rings. The molecule has 214 valence electrons. The number of benzene rings is 3. The molecule has 1 amide bonds. The second-order valence-electron chi connectivity index (χ2n) is 8.50. The highest BCUT2D eigenvalue weighted by Gasteiger charge is 2.45. The molecule has 9 nitrogen and oxygen atoms in total. The molecule has 0 N–H and O–H groups in total. The zero-order valence-electron chi connectivity index (χ0n) is 22.7. The Labute approximate surface area is 240 Å². The molecule has 0 aromatic heterocycles. The third-order valence-corrected chi connectivity index (χ3v) is 7.38. The van der Waals surface area contributed by atoms with Crippen molar-refractivity contribution >= 4 is 31.2 Å². The number of nitrogens with zero attached hydrogens (tertiary/aromatic N) is 1. The van der Waals surface area contributed by atoms with Gasteiger partial charge in [0.05, 0.1) is 20.8 Å². The van der Waals surface area contributed by atoms with Crippen LogP contribution in [-0.2, 0) is 32.7 Å². The van der Waals surface area contributed by atoms with Gasteiger partial charge < -0.3 is 28.4 Å². The van der Waals surface area contributed by atoms with Gasteiger partial charge in [-0.2, -0.15) is 0 Å². The predicted molar refractivity (Wildman–Crippen MR) is 156 cm³/mol. The van der Waals surface area contributed by atoms with Gasteiger partial charge in [-0.3, -0.25) is 4.79 Å². The van der Waals surface area contributed by atoms with Crippen LogP contribution in [0.3, 0.4) is 0 Å². The predicted octanol–water partition coefficient (Wildman–Crippen LogP) is 5.63. The molecule has 1 unspecified atom stereocenters. The van der Waals surface area contributed by atoms with E-state index in [4.69, 9.17) is 40.2 Å². The summed E-state index contributed by atoms with van der Waals surface area (Å²) in [5.74, 6) is 1.25. The summed E-state index contributed by atoms with van der Waals surface area (Å²) < 4.78 is 34.1. The van der Waals surface area contributed by atoms with Crippen LogP contribution in [0.1, 0.15) is 25.3 Å². The van der Waals surface area contributed by atoms with E-state index < -0.39 is 31.6 Å². The van der Waals surface area contributed by atoms with Crippen molar-refractivity contribution in [3.8, 4) is 23.0 Å². The molecule has 0 saturated carbocycles. The molecular weight excluding hydrogens is 553 g/mol. The van der Waals surface area contributed by atoms with Crippen LogP contribution in [0.4, 0.5) is 4.79 Å². The van der Waals surface area contributed by atoms with Gasteiger partial charge in [0.15, 0.2) is 0 Å². The number of unbranched alkanes of at least 4 members (excludes halogenated alkanes) is 1. The van der Waals surface area contributed by atoms with Crippen LogP contribution in [0.2, 0.25) is 0 Å². The first-order chi connectivity index (χ1) is 19.4. The van der Waals surface area contributed by atoms with Crippen LogP contribution in [0.15, 0.2) is 78.9 Å². The molecule has 3 rings (SSSR count). The van der Waals surface area contributed by atoms with E-state index in [1.54, 1.807) is 62.8 Å². The second-order valence-corrected chi connectivity index (χ2v) is 10.2. The van der Waals surface area contributed by atoms with Crippen molar-refractivity contribution < 1.29 is 38.0 Å². The highest BCUT2D eigenvalue weighted by Crippen LogP contribution is 2.36. The number of esters is 1. The number of carbonyl (C=O) groups is 2. The monoisotopic (exact) mass is 587 g/mol. The molecule has 11 heteroatoms. The Morgan fingerprint density at radius 3 is 1.80 bits per heavy atom. The summed E-state index contributed by atoms with van der Waals surface area (Å²) in [5.41, 5.74) is -1.11. The van der Waals surface area contributed by atoms with E-state index in [0.717, 1.165) is 16.9 Å². The van der Waals surface area contributed by atoms with Crippen LogP contribution >= 0.6 is 7.36 Å². The number of hydrogen-bond donors (Lipinski definition) is 0. The van der Waals surface area contributed by atoms with Crippen molar-refractivity contribution in [3.63, 3.8) is 0 Å². The summed E-state index contributed by atoms with van der Waals surface area (Å²) in [4.78, 5) is 27.6. The highest BCUT2D eigenvalue weighted by atomic mass is 32.4. The van der Waals surface area contributed by atoms with Crippen molar-refractivity contribution in [2.45, 2.75) is 32.0 Å². The topological polar surface area (TPSA) is 92.8 Å². The lowest BCUT2D eigenvalue weighted by Gasteiger charge is -2.39. The van der Waals surface area contributed by atoms with Gasteiger partial charge in [0.25, 0.3) is 0 Å². The maximum absolute atomic E-state index is 13.6. The zero-order valence-corrected chi connectivity index (χ0v) is 24.7. The van der Waals surface area contributed by atoms with E-state index in [1.165, 1.54) is 0 Å². The van der Waals surface area contributed by atoms with Gasteiger partial charge in [0, 0.05) is 7.36 Å². The van der Waals surface area contributed by atoms with Crippen LogP contribution in [0, 0.1) is 0 Å². The molecule has 0 radical (unpaired) electrons. The molecule has 3 aromatic carbocycles. The first-order valence-corrected chi connectivity index (χ1v) is 15.2. The minimum atomic E-state index is -1.88. The fourth-order valence-electron chi connectivity index (χ4n) is 3.47. The van der Waals surface area contributed by atoms with Gasteiger partial charge in [-0.15, -0.1) is 0 Å². The van der Waals surface area contributed by atoms with Crippen LogP contribution in [0.25, 0.3) is 0 Å². The Hall–Kier alpha value is -3.75. The molecule has 0 saturated heterocycles. The quantitative estimate of drug-likeness (QED) is 0.0971. The SMILES string of the molecule is CCCCOC(=O)CN(C(=O)OCc1ccccc1)C(Oc1ccc(OC)cc1)(Oc1ccc(OC)cc1)[PH2]=S. The maximum atomic E-state index is 13.6. The first-order valence-electron chi connectivity index (χ1n) is 12.7. The summed E-state index contributed by atoms with van der Waals surface area (Å²) in [7, 11) is 1.88. The first kappa shape index (κ1) is 30.8. The lowest BCUT2D eigenvalue weighted by Crippen LogP contribution is -2.57. The molecule has 0 heterocycles. The summed E-state index contributed by atoms with van der Waals surface area (Å²) in [6, 6.07) is 22.6. The largest absolute Gasteiger partial charge is 0.497 e. The van der Waals surface area contributed by atoms with E-state index >= 15 is 0 Å². The minimum absolute atomic E-state index is 0.0328. The summed E-state index contributed by atoms with van der Waals surface area (Å²) in [6.45, 7) is 1.66. The number of carbonyl (C=O) groups excluding carboxylic acids is 2. The average molecular weight is 588 g/mol. The van der Waals surface area contributed by atoms with Gasteiger partial charge in [-0.1, -0.05) is 55.5 Å². The van der Waals surface area contributed by atoms with E-state index in [1.807, 2.05) is 37.3 Å². The summed E-state index contributed by atoms with van der Waals surface area (Å²) >= 11 is 5.60. The van der Waals surface area contributed by atoms with E-state index in [-0.39, 0.29) is 13.2 Å². The maximum Gasteiger partial charge on any atom is 0.416 e. The van der Waals surface area contributed by atoms with Crippen LogP contribution < -0.4 is 18.9 Å². The summed E-state index contributed by atoms with van der Waals surface area (Å²) in [6.07, 6.45) is 0.680. The van der Waals surface area contributed by atoms with Gasteiger partial charge in [-0.05, 0) is 60.5 Å². The van der Waals surface area contributed by atoms with Gasteiger partial charge in [-0.25, -0.2) is 9.69 Å². The van der Waals surface area contributed by atoms with E-state index in [2.05, 4.69) is 0 Å². The lowest BCUT2D eigenvalue weighted by atomic mass is 10.2. The van der Waals surface area contributed by atoms with Crippen molar-refractivity contribution in [1.29, 1.82) is 0 Å². The zero-order chi connectivity index (χ0) is 28.8. The Morgan fingerprint density at radius 2 is 1.32 bits per heavy atom. The number of amides is 1. The normalized spacial score (nSPS) is 11.1. The van der Waals surface area contributed by atoms with Gasteiger partial charge in [0.2, 0.25) is 0 Å². The molecular formula is C29H34NO8PS. The molecule has 0 bridgehead atoms. The van der Waals surface area contributed by atoms with Crippen molar-refractivity contribution in [2.75, 3.05) is 27.4 Å². The highest BCUT2D eigenvalue weighted by molar-refractivity contribution is 7.97. The summed E-state index contributed by atoms with van der Waals surface area (Å²) in [5, 5.41) is 0. The minimum Gasteiger partial charge on any atom is -0.497 e. The van der Waals surface area contributed by atoms with E-state index in [0.29, 0.717) is 29.4 Å². The van der Waals surface area contributed by atoms with E-state index in [9.17, 15) is 9.59 Å². The van der Waals surface area contributed by atoms with Gasteiger partial charge >= 0.3 is 17.7 Å². The molecule has 1 atom stereocenters. The standard InChI is InChI=1S/C29H34NO8PS/c1-4-5-19-35-27(31)20-30(28(32)36-21-22-9-7-6-8-10-22)29(39-40,37-25-15-11-23(33-2)12-16-25)38-26-17-13-24(34-3)14-18-26/h6-18H,4-5,19-21,39H2,1-3H3.